The number of carbonyl (C=O) groups excluding carboxylic acids is 2. The first-order valence-corrected chi connectivity index (χ1v) is 8.20. The Labute approximate surface area is 140 Å². The number of benzene rings is 2. The molecule has 0 fully saturated rings. The van der Waals surface area contributed by atoms with Crippen molar-refractivity contribution < 1.29 is 9.59 Å². The van der Waals surface area contributed by atoms with Crippen LogP contribution in [0.25, 0.3) is 0 Å². The molecule has 0 heterocycles. The summed E-state index contributed by atoms with van der Waals surface area (Å²) < 4.78 is 0. The van der Waals surface area contributed by atoms with Gasteiger partial charge in [-0.1, -0.05) is 30.3 Å². The molecule has 0 saturated heterocycles. The number of nitrogens with zero attached hydrogens (tertiary/aromatic N) is 1. The van der Waals surface area contributed by atoms with Gasteiger partial charge in [0.2, 0.25) is 5.91 Å². The minimum absolute atomic E-state index is 0.127. The lowest BCUT2D eigenvalue weighted by atomic mass is 10.1. The summed E-state index contributed by atoms with van der Waals surface area (Å²) in [4.78, 5) is 27.1. The molecule has 1 atom stereocenters. The normalized spacial score (nSPS) is 11.6. The number of amides is 2. The fraction of sp³-hybridized carbons (Fsp3) is 0.222. The standard InChI is InChI=1S/C18H20N2O2S/c1-13(23-14-9-5-4-6-10-14)17(21)19-16-12-8-7-11-15(16)18(22)20(2)3/h4-13H,1-3H3,(H,19,21). The van der Waals surface area contributed by atoms with E-state index in [1.54, 1.807) is 38.4 Å². The molecule has 2 aromatic carbocycles. The fourth-order valence-electron chi connectivity index (χ4n) is 2.01. The summed E-state index contributed by atoms with van der Waals surface area (Å²) >= 11 is 1.48. The van der Waals surface area contributed by atoms with Crippen molar-refractivity contribution in [1.29, 1.82) is 0 Å². The second kappa shape index (κ2) is 7.83. The Kier molecular flexibility index (Phi) is 5.82. The molecule has 2 amide bonds. The molecule has 5 heteroatoms. The number of thioether (sulfide) groups is 1. The van der Waals surface area contributed by atoms with Crippen LogP contribution in [0.5, 0.6) is 0 Å². The number of anilines is 1. The second-order valence-corrected chi connectivity index (χ2v) is 6.72. The van der Waals surface area contributed by atoms with Crippen molar-refractivity contribution in [2.75, 3.05) is 19.4 Å². The molecule has 0 aromatic heterocycles. The maximum Gasteiger partial charge on any atom is 0.255 e. The van der Waals surface area contributed by atoms with Crippen LogP contribution in [0, 0.1) is 0 Å². The number of hydrogen-bond donors (Lipinski definition) is 1. The van der Waals surface area contributed by atoms with E-state index in [0.717, 1.165) is 4.90 Å². The zero-order valence-electron chi connectivity index (χ0n) is 13.4. The predicted molar refractivity (Wildman–Crippen MR) is 94.9 cm³/mol. The molecule has 1 N–H and O–H groups in total. The topological polar surface area (TPSA) is 49.4 Å². The van der Waals surface area contributed by atoms with Crippen LogP contribution in [0.3, 0.4) is 0 Å². The van der Waals surface area contributed by atoms with Gasteiger partial charge in [0.25, 0.3) is 5.91 Å². The molecule has 0 aliphatic rings. The predicted octanol–water partition coefficient (Wildman–Crippen LogP) is 3.51. The largest absolute Gasteiger partial charge is 0.345 e. The second-order valence-electron chi connectivity index (χ2n) is 5.31. The van der Waals surface area contributed by atoms with E-state index in [4.69, 9.17) is 0 Å². The van der Waals surface area contributed by atoms with E-state index in [9.17, 15) is 9.59 Å². The van der Waals surface area contributed by atoms with Gasteiger partial charge in [-0.2, -0.15) is 0 Å². The van der Waals surface area contributed by atoms with Gasteiger partial charge in [-0.25, -0.2) is 0 Å². The van der Waals surface area contributed by atoms with Crippen LogP contribution in [0.1, 0.15) is 17.3 Å². The molecule has 0 saturated carbocycles. The highest BCUT2D eigenvalue weighted by atomic mass is 32.2. The van der Waals surface area contributed by atoms with E-state index in [1.807, 2.05) is 37.3 Å². The molecule has 1 unspecified atom stereocenters. The highest BCUT2D eigenvalue weighted by molar-refractivity contribution is 8.00. The molecule has 2 aromatic rings. The van der Waals surface area contributed by atoms with E-state index in [-0.39, 0.29) is 17.1 Å². The Hall–Kier alpha value is -2.27. The fourth-order valence-corrected chi connectivity index (χ4v) is 2.90. The van der Waals surface area contributed by atoms with Gasteiger partial charge in [-0.05, 0) is 31.2 Å². The van der Waals surface area contributed by atoms with Gasteiger partial charge in [0.1, 0.15) is 0 Å². The van der Waals surface area contributed by atoms with Crippen molar-refractivity contribution >= 4 is 29.3 Å². The average molecular weight is 328 g/mol. The maximum atomic E-state index is 12.4. The number of rotatable bonds is 5. The van der Waals surface area contributed by atoms with Gasteiger partial charge >= 0.3 is 0 Å². The maximum absolute atomic E-state index is 12.4. The van der Waals surface area contributed by atoms with Crippen LogP contribution in [0.2, 0.25) is 0 Å². The zero-order valence-corrected chi connectivity index (χ0v) is 14.3. The smallest absolute Gasteiger partial charge is 0.255 e. The van der Waals surface area contributed by atoms with Crippen LogP contribution >= 0.6 is 11.8 Å². The van der Waals surface area contributed by atoms with Gasteiger partial charge in [-0.3, -0.25) is 9.59 Å². The summed E-state index contributed by atoms with van der Waals surface area (Å²) in [7, 11) is 3.38. The average Bonchev–Trinajstić information content (AvgIpc) is 2.55. The van der Waals surface area contributed by atoms with Crippen LogP contribution in [0.4, 0.5) is 5.69 Å². The molecule has 120 valence electrons. The molecule has 0 aliphatic heterocycles. The van der Waals surface area contributed by atoms with Crippen molar-refractivity contribution in [2.24, 2.45) is 0 Å². The summed E-state index contributed by atoms with van der Waals surface area (Å²) in [5.74, 6) is -0.262. The highest BCUT2D eigenvalue weighted by Gasteiger charge is 2.18. The lowest BCUT2D eigenvalue weighted by Gasteiger charge is -2.16. The molecular formula is C18H20N2O2S. The van der Waals surface area contributed by atoms with Crippen LogP contribution in [-0.4, -0.2) is 36.1 Å². The van der Waals surface area contributed by atoms with Gasteiger partial charge in [0, 0.05) is 19.0 Å². The van der Waals surface area contributed by atoms with Gasteiger partial charge in [0.05, 0.1) is 16.5 Å². The van der Waals surface area contributed by atoms with Gasteiger partial charge in [0.15, 0.2) is 0 Å². The molecule has 0 radical (unpaired) electrons. The third-order valence-corrected chi connectivity index (χ3v) is 4.36. The van der Waals surface area contributed by atoms with Gasteiger partial charge in [-0.15, -0.1) is 11.8 Å². The summed E-state index contributed by atoms with van der Waals surface area (Å²) in [6, 6.07) is 16.8. The zero-order chi connectivity index (χ0) is 16.8. The van der Waals surface area contributed by atoms with Crippen LogP contribution in [0.15, 0.2) is 59.5 Å². The number of hydrogen-bond acceptors (Lipinski definition) is 3. The molecule has 2 rings (SSSR count). The molecular weight excluding hydrogens is 308 g/mol. The monoisotopic (exact) mass is 328 g/mol. The van der Waals surface area contributed by atoms with Gasteiger partial charge < -0.3 is 10.2 Å². The summed E-state index contributed by atoms with van der Waals surface area (Å²) in [6.45, 7) is 1.85. The first-order valence-electron chi connectivity index (χ1n) is 7.32. The lowest BCUT2D eigenvalue weighted by molar-refractivity contribution is -0.115. The van der Waals surface area contributed by atoms with E-state index in [2.05, 4.69) is 5.32 Å². The molecule has 0 spiro atoms. The summed E-state index contributed by atoms with van der Waals surface area (Å²) in [5.41, 5.74) is 1.03. The van der Waals surface area contributed by atoms with Crippen molar-refractivity contribution in [2.45, 2.75) is 17.1 Å². The molecule has 0 aliphatic carbocycles. The van der Waals surface area contributed by atoms with E-state index in [0.29, 0.717) is 11.3 Å². The number of nitrogens with one attached hydrogen (secondary N) is 1. The van der Waals surface area contributed by atoms with Crippen molar-refractivity contribution in [3.63, 3.8) is 0 Å². The third-order valence-electron chi connectivity index (χ3n) is 3.25. The summed E-state index contributed by atoms with van der Waals surface area (Å²) in [6.07, 6.45) is 0. The highest BCUT2D eigenvalue weighted by Crippen LogP contribution is 2.24. The number of carbonyl (C=O) groups is 2. The van der Waals surface area contributed by atoms with Crippen molar-refractivity contribution in [3.8, 4) is 0 Å². The Morgan fingerprint density at radius 3 is 2.26 bits per heavy atom. The SMILES string of the molecule is CC(Sc1ccccc1)C(=O)Nc1ccccc1C(=O)N(C)C. The van der Waals surface area contributed by atoms with Crippen molar-refractivity contribution in [1.82, 2.24) is 4.90 Å². The quantitative estimate of drug-likeness (QED) is 0.855. The van der Waals surface area contributed by atoms with Crippen LogP contribution in [-0.2, 0) is 4.79 Å². The Balaban J connectivity index is 2.10. The molecule has 4 nitrogen and oxygen atoms in total. The van der Waals surface area contributed by atoms with E-state index >= 15 is 0 Å². The first kappa shape index (κ1) is 17.1. The van der Waals surface area contributed by atoms with Crippen LogP contribution < -0.4 is 5.32 Å². The lowest BCUT2D eigenvalue weighted by Crippen LogP contribution is -2.26. The van der Waals surface area contributed by atoms with E-state index in [1.165, 1.54) is 16.7 Å². The Morgan fingerprint density at radius 1 is 1.00 bits per heavy atom. The van der Waals surface area contributed by atoms with Crippen molar-refractivity contribution in [3.05, 3.63) is 60.2 Å². The Bertz CT molecular complexity index is 686. The molecule has 0 bridgehead atoms. The third kappa shape index (κ3) is 4.60. The van der Waals surface area contributed by atoms with E-state index < -0.39 is 0 Å². The summed E-state index contributed by atoms with van der Waals surface area (Å²) in [5, 5.41) is 2.60. The number of para-hydroxylation sites is 1. The minimum Gasteiger partial charge on any atom is -0.345 e. The molecule has 23 heavy (non-hydrogen) atoms. The Morgan fingerprint density at radius 2 is 1.61 bits per heavy atom. The first-order chi connectivity index (χ1) is 11.0. The minimum atomic E-state index is -0.264.